The number of furan rings is 1. The number of amides is 1. The van der Waals surface area contributed by atoms with Crippen molar-refractivity contribution in [2.45, 2.75) is 31.7 Å². The lowest BCUT2D eigenvalue weighted by molar-refractivity contribution is 0.0926. The number of carbonyl (C=O) groups is 1. The molecule has 0 bridgehead atoms. The molecular weight excluding hydrogens is 204 g/mol. The van der Waals surface area contributed by atoms with Crippen molar-refractivity contribution in [2.24, 2.45) is 0 Å². The third-order valence-corrected chi connectivity index (χ3v) is 2.94. The molecular formula is C12H18N2O2. The fourth-order valence-corrected chi connectivity index (χ4v) is 2.08. The Balaban J connectivity index is 1.59. The van der Waals surface area contributed by atoms with Crippen LogP contribution in [0.25, 0.3) is 0 Å². The fourth-order valence-electron chi connectivity index (χ4n) is 2.08. The molecule has 1 saturated carbocycles. The van der Waals surface area contributed by atoms with Crippen LogP contribution in [0.15, 0.2) is 22.8 Å². The molecule has 0 unspecified atom stereocenters. The van der Waals surface area contributed by atoms with E-state index < -0.39 is 0 Å². The van der Waals surface area contributed by atoms with Gasteiger partial charge in [-0.15, -0.1) is 0 Å². The van der Waals surface area contributed by atoms with Crippen molar-refractivity contribution >= 4 is 5.91 Å². The van der Waals surface area contributed by atoms with Gasteiger partial charge in [0, 0.05) is 19.1 Å². The van der Waals surface area contributed by atoms with Crippen molar-refractivity contribution in [2.75, 3.05) is 13.1 Å². The number of hydrogen-bond donors (Lipinski definition) is 2. The molecule has 1 aliphatic rings. The van der Waals surface area contributed by atoms with Gasteiger partial charge in [-0.3, -0.25) is 4.79 Å². The van der Waals surface area contributed by atoms with Crippen molar-refractivity contribution in [3.8, 4) is 0 Å². The Hall–Kier alpha value is -1.29. The molecule has 0 radical (unpaired) electrons. The quantitative estimate of drug-likeness (QED) is 0.743. The summed E-state index contributed by atoms with van der Waals surface area (Å²) in [6.45, 7) is 1.48. The molecule has 16 heavy (non-hydrogen) atoms. The highest BCUT2D eigenvalue weighted by molar-refractivity contribution is 5.91. The molecule has 0 atom stereocenters. The lowest BCUT2D eigenvalue weighted by atomic mass is 10.2. The fraction of sp³-hybridized carbons (Fsp3) is 0.583. The third-order valence-electron chi connectivity index (χ3n) is 2.94. The maximum Gasteiger partial charge on any atom is 0.287 e. The summed E-state index contributed by atoms with van der Waals surface area (Å²) in [6.07, 6.45) is 6.71. The molecule has 1 heterocycles. The van der Waals surface area contributed by atoms with Gasteiger partial charge in [-0.1, -0.05) is 12.8 Å². The Bertz CT molecular complexity index is 316. The molecule has 0 spiro atoms. The summed E-state index contributed by atoms with van der Waals surface area (Å²) < 4.78 is 4.99. The average molecular weight is 222 g/mol. The Morgan fingerprint density at radius 2 is 2.19 bits per heavy atom. The first-order valence-electron chi connectivity index (χ1n) is 5.91. The monoisotopic (exact) mass is 222 g/mol. The first kappa shape index (κ1) is 11.2. The highest BCUT2D eigenvalue weighted by Gasteiger charge is 2.13. The van der Waals surface area contributed by atoms with Gasteiger partial charge < -0.3 is 15.1 Å². The van der Waals surface area contributed by atoms with E-state index >= 15 is 0 Å². The molecule has 2 N–H and O–H groups in total. The van der Waals surface area contributed by atoms with E-state index in [0.29, 0.717) is 18.3 Å². The van der Waals surface area contributed by atoms with Gasteiger partial charge in [0.25, 0.3) is 5.91 Å². The zero-order valence-electron chi connectivity index (χ0n) is 9.37. The van der Waals surface area contributed by atoms with Crippen LogP contribution in [0.2, 0.25) is 0 Å². The van der Waals surface area contributed by atoms with Gasteiger partial charge in [0.05, 0.1) is 6.26 Å². The summed E-state index contributed by atoms with van der Waals surface area (Å²) >= 11 is 0. The second-order valence-electron chi connectivity index (χ2n) is 4.17. The number of carbonyl (C=O) groups excluding carboxylic acids is 1. The molecule has 0 aromatic carbocycles. The largest absolute Gasteiger partial charge is 0.459 e. The van der Waals surface area contributed by atoms with Crippen LogP contribution in [-0.4, -0.2) is 25.0 Å². The summed E-state index contributed by atoms with van der Waals surface area (Å²) in [7, 11) is 0. The molecule has 4 nitrogen and oxygen atoms in total. The van der Waals surface area contributed by atoms with Gasteiger partial charge >= 0.3 is 0 Å². The Morgan fingerprint density at radius 3 is 2.88 bits per heavy atom. The van der Waals surface area contributed by atoms with Gasteiger partial charge in [-0.2, -0.15) is 0 Å². The molecule has 4 heteroatoms. The molecule has 1 fully saturated rings. The van der Waals surface area contributed by atoms with Crippen LogP contribution in [-0.2, 0) is 0 Å². The van der Waals surface area contributed by atoms with E-state index in [2.05, 4.69) is 10.6 Å². The molecule has 1 aliphatic carbocycles. The summed E-state index contributed by atoms with van der Waals surface area (Å²) in [5.74, 6) is 0.235. The minimum Gasteiger partial charge on any atom is -0.459 e. The van der Waals surface area contributed by atoms with Crippen molar-refractivity contribution in [3.63, 3.8) is 0 Å². The van der Waals surface area contributed by atoms with E-state index in [0.717, 1.165) is 6.54 Å². The Labute approximate surface area is 95.4 Å². The van der Waals surface area contributed by atoms with Crippen LogP contribution in [0.4, 0.5) is 0 Å². The average Bonchev–Trinajstić information content (AvgIpc) is 2.96. The molecule has 1 amide bonds. The van der Waals surface area contributed by atoms with Gasteiger partial charge in [0.2, 0.25) is 0 Å². The van der Waals surface area contributed by atoms with E-state index in [9.17, 15) is 4.79 Å². The lowest BCUT2D eigenvalue weighted by Crippen LogP contribution is -2.35. The van der Waals surface area contributed by atoms with Crippen LogP contribution >= 0.6 is 0 Å². The van der Waals surface area contributed by atoms with Gasteiger partial charge in [0.1, 0.15) is 0 Å². The normalized spacial score (nSPS) is 16.5. The third kappa shape index (κ3) is 3.10. The molecule has 2 rings (SSSR count). The predicted octanol–water partition coefficient (Wildman–Crippen LogP) is 1.54. The van der Waals surface area contributed by atoms with Gasteiger partial charge in [-0.05, 0) is 25.0 Å². The van der Waals surface area contributed by atoms with Crippen LogP contribution in [0.1, 0.15) is 36.2 Å². The minimum absolute atomic E-state index is 0.141. The standard InChI is InChI=1S/C12H18N2O2/c15-12(11-6-3-9-16-11)14-8-7-13-10-4-1-2-5-10/h3,6,9-10,13H,1-2,4-5,7-8H2,(H,14,15). The Kier molecular flexibility index (Phi) is 3.99. The molecule has 1 aromatic heterocycles. The van der Waals surface area contributed by atoms with Crippen LogP contribution in [0, 0.1) is 0 Å². The second kappa shape index (κ2) is 5.70. The van der Waals surface area contributed by atoms with Crippen LogP contribution in [0.3, 0.4) is 0 Å². The maximum atomic E-state index is 11.5. The molecule has 1 aromatic rings. The lowest BCUT2D eigenvalue weighted by Gasteiger charge is -2.11. The van der Waals surface area contributed by atoms with Gasteiger partial charge in [0.15, 0.2) is 5.76 Å². The highest BCUT2D eigenvalue weighted by atomic mass is 16.3. The van der Waals surface area contributed by atoms with Gasteiger partial charge in [-0.25, -0.2) is 0 Å². The summed E-state index contributed by atoms with van der Waals surface area (Å²) in [4.78, 5) is 11.5. The molecule has 0 saturated heterocycles. The molecule has 0 aliphatic heterocycles. The first-order valence-corrected chi connectivity index (χ1v) is 5.91. The molecule has 88 valence electrons. The van der Waals surface area contributed by atoms with Crippen molar-refractivity contribution in [1.29, 1.82) is 0 Å². The van der Waals surface area contributed by atoms with Crippen molar-refractivity contribution in [3.05, 3.63) is 24.2 Å². The number of nitrogens with one attached hydrogen (secondary N) is 2. The zero-order chi connectivity index (χ0) is 11.2. The van der Waals surface area contributed by atoms with E-state index in [1.807, 2.05) is 0 Å². The smallest absolute Gasteiger partial charge is 0.287 e. The van der Waals surface area contributed by atoms with E-state index in [1.54, 1.807) is 12.1 Å². The number of hydrogen-bond acceptors (Lipinski definition) is 3. The highest BCUT2D eigenvalue weighted by Crippen LogP contribution is 2.16. The van der Waals surface area contributed by atoms with Crippen LogP contribution < -0.4 is 10.6 Å². The summed E-state index contributed by atoms with van der Waals surface area (Å²) in [5.41, 5.74) is 0. The SMILES string of the molecule is O=C(NCCNC1CCCC1)c1ccco1. The van der Waals surface area contributed by atoms with Crippen LogP contribution in [0.5, 0.6) is 0 Å². The first-order chi connectivity index (χ1) is 7.86. The Morgan fingerprint density at radius 1 is 1.38 bits per heavy atom. The van der Waals surface area contributed by atoms with E-state index in [-0.39, 0.29) is 5.91 Å². The van der Waals surface area contributed by atoms with E-state index in [4.69, 9.17) is 4.42 Å². The zero-order valence-corrected chi connectivity index (χ0v) is 9.37. The maximum absolute atomic E-state index is 11.5. The summed E-state index contributed by atoms with van der Waals surface area (Å²) in [6, 6.07) is 4.03. The van der Waals surface area contributed by atoms with Crippen molar-refractivity contribution < 1.29 is 9.21 Å². The minimum atomic E-state index is -0.141. The predicted molar refractivity (Wildman–Crippen MR) is 61.3 cm³/mol. The second-order valence-corrected chi connectivity index (χ2v) is 4.17. The van der Waals surface area contributed by atoms with Crippen molar-refractivity contribution in [1.82, 2.24) is 10.6 Å². The number of rotatable bonds is 5. The summed E-state index contributed by atoms with van der Waals surface area (Å²) in [5, 5.41) is 6.25. The van der Waals surface area contributed by atoms with E-state index in [1.165, 1.54) is 31.9 Å². The topological polar surface area (TPSA) is 54.3 Å².